The Balaban J connectivity index is 4.44. The van der Waals surface area contributed by atoms with Gasteiger partial charge in [-0.2, -0.15) is 0 Å². The Kier molecular flexibility index (Phi) is 35.5. The van der Waals surface area contributed by atoms with Crippen LogP contribution in [-0.2, 0) is 27.9 Å². The molecular weight excluding hydrogens is 701 g/mol. The van der Waals surface area contributed by atoms with E-state index in [4.69, 9.17) is 18.5 Å². The summed E-state index contributed by atoms with van der Waals surface area (Å²) in [4.78, 5) is 25.0. The lowest BCUT2D eigenvalue weighted by atomic mass is 10.0. The highest BCUT2D eigenvalue weighted by molar-refractivity contribution is 7.45. The Morgan fingerprint density at radius 3 is 1.93 bits per heavy atom. The SMILES string of the molecule is CC/C=C\C/C=C\CC(O)/C=C/C=C\C/C=C\CCCC(=O)OC(COCCCCCCCCCCCCCCCC)COP(=O)([O-])OCC[N+](C)(C)C. The summed E-state index contributed by atoms with van der Waals surface area (Å²) in [6, 6.07) is 0. The van der Waals surface area contributed by atoms with Crippen LogP contribution >= 0.6 is 7.82 Å². The van der Waals surface area contributed by atoms with Crippen molar-refractivity contribution in [2.75, 3.05) is 54.1 Å². The van der Waals surface area contributed by atoms with Gasteiger partial charge in [0.15, 0.2) is 0 Å². The fourth-order valence-electron chi connectivity index (χ4n) is 5.37. The predicted octanol–water partition coefficient (Wildman–Crippen LogP) is 10.5. The van der Waals surface area contributed by atoms with Crippen LogP contribution in [0.5, 0.6) is 0 Å². The van der Waals surface area contributed by atoms with E-state index in [1.165, 1.54) is 77.0 Å². The highest BCUT2D eigenvalue weighted by Crippen LogP contribution is 2.38. The fraction of sp³-hybridized carbons (Fsp3) is 0.750. The van der Waals surface area contributed by atoms with Gasteiger partial charge in [0.1, 0.15) is 19.3 Å². The molecular formula is C44H80NO8P. The number of allylic oxidation sites excluding steroid dienone is 8. The molecule has 0 spiro atoms. The van der Waals surface area contributed by atoms with Gasteiger partial charge >= 0.3 is 5.97 Å². The van der Waals surface area contributed by atoms with E-state index in [0.717, 1.165) is 32.1 Å². The van der Waals surface area contributed by atoms with E-state index in [1.54, 1.807) is 6.08 Å². The molecule has 9 nitrogen and oxygen atoms in total. The summed E-state index contributed by atoms with van der Waals surface area (Å²) in [6.45, 7) is 5.10. The lowest BCUT2D eigenvalue weighted by Crippen LogP contribution is -2.37. The van der Waals surface area contributed by atoms with Gasteiger partial charge in [0.2, 0.25) is 0 Å². The number of likely N-dealkylation sites (N-methyl/N-ethyl adjacent to an activating group) is 1. The van der Waals surface area contributed by atoms with Crippen LogP contribution < -0.4 is 4.89 Å². The second-order valence-corrected chi connectivity index (χ2v) is 16.6. The van der Waals surface area contributed by atoms with E-state index >= 15 is 0 Å². The molecule has 54 heavy (non-hydrogen) atoms. The van der Waals surface area contributed by atoms with E-state index < -0.39 is 26.0 Å². The largest absolute Gasteiger partial charge is 0.756 e. The molecule has 314 valence electrons. The molecule has 0 rings (SSSR count). The molecule has 0 aliphatic heterocycles. The number of phosphoric acid groups is 1. The van der Waals surface area contributed by atoms with Crippen LogP contribution in [0.1, 0.15) is 149 Å². The zero-order valence-corrected chi connectivity index (χ0v) is 35.9. The number of carbonyl (C=O) groups is 1. The summed E-state index contributed by atoms with van der Waals surface area (Å²) in [5.74, 6) is -0.417. The molecule has 0 aromatic carbocycles. The van der Waals surface area contributed by atoms with Crippen molar-refractivity contribution in [3.8, 4) is 0 Å². The van der Waals surface area contributed by atoms with Gasteiger partial charge in [-0.3, -0.25) is 9.36 Å². The van der Waals surface area contributed by atoms with E-state index in [1.807, 2.05) is 57.6 Å². The Hall–Kier alpha value is -1.84. The average Bonchev–Trinajstić information content (AvgIpc) is 3.11. The molecule has 0 radical (unpaired) electrons. The highest BCUT2D eigenvalue weighted by Gasteiger charge is 2.20. The zero-order chi connectivity index (χ0) is 40.0. The molecule has 0 amide bonds. The fourth-order valence-corrected chi connectivity index (χ4v) is 6.10. The monoisotopic (exact) mass is 782 g/mol. The van der Waals surface area contributed by atoms with Crippen LogP contribution in [0.4, 0.5) is 0 Å². The number of nitrogens with zero attached hydrogens (tertiary/aromatic N) is 1. The number of quaternary nitrogens is 1. The second-order valence-electron chi connectivity index (χ2n) is 15.2. The smallest absolute Gasteiger partial charge is 0.306 e. The molecule has 10 heteroatoms. The third kappa shape index (κ3) is 39.8. The molecule has 0 aliphatic rings. The van der Waals surface area contributed by atoms with Gasteiger partial charge in [0.25, 0.3) is 7.82 Å². The number of hydrogen-bond acceptors (Lipinski definition) is 8. The van der Waals surface area contributed by atoms with Crippen LogP contribution in [0.2, 0.25) is 0 Å². The Bertz CT molecular complexity index is 1070. The van der Waals surface area contributed by atoms with Crippen LogP contribution in [0.3, 0.4) is 0 Å². The summed E-state index contributed by atoms with van der Waals surface area (Å²) in [7, 11) is 1.28. The molecule has 0 fully saturated rings. The van der Waals surface area contributed by atoms with Gasteiger partial charge in [-0.05, 0) is 44.9 Å². The van der Waals surface area contributed by atoms with Gasteiger partial charge in [0, 0.05) is 13.0 Å². The molecule has 0 bridgehead atoms. The van der Waals surface area contributed by atoms with Crippen LogP contribution in [-0.4, -0.2) is 81.9 Å². The number of carbonyl (C=O) groups excluding carboxylic acids is 1. The van der Waals surface area contributed by atoms with Crippen LogP contribution in [0.25, 0.3) is 0 Å². The normalized spacial score (nSPS) is 15.0. The maximum Gasteiger partial charge on any atom is 0.306 e. The number of aliphatic hydroxyl groups is 1. The first-order valence-electron chi connectivity index (χ1n) is 21.1. The number of aliphatic hydroxyl groups excluding tert-OH is 1. The minimum Gasteiger partial charge on any atom is -0.756 e. The lowest BCUT2D eigenvalue weighted by molar-refractivity contribution is -0.870. The van der Waals surface area contributed by atoms with Crippen molar-refractivity contribution in [1.29, 1.82) is 0 Å². The molecule has 0 aromatic heterocycles. The summed E-state index contributed by atoms with van der Waals surface area (Å²) in [5, 5.41) is 10.0. The zero-order valence-electron chi connectivity index (χ0n) is 35.0. The molecule has 1 N–H and O–H groups in total. The van der Waals surface area contributed by atoms with Gasteiger partial charge in [-0.15, -0.1) is 0 Å². The van der Waals surface area contributed by atoms with Gasteiger partial charge in [0.05, 0.1) is 40.5 Å². The van der Waals surface area contributed by atoms with Crippen molar-refractivity contribution >= 4 is 13.8 Å². The molecule has 3 unspecified atom stereocenters. The van der Waals surface area contributed by atoms with Crippen LogP contribution in [0, 0.1) is 0 Å². The second kappa shape index (κ2) is 36.8. The van der Waals surface area contributed by atoms with Crippen molar-refractivity contribution < 1.29 is 42.4 Å². The number of unbranched alkanes of at least 4 members (excludes halogenated alkanes) is 14. The number of phosphoric ester groups is 1. The maximum absolute atomic E-state index is 12.6. The summed E-state index contributed by atoms with van der Waals surface area (Å²) < 4.78 is 34.4. The molecule has 0 aliphatic carbocycles. The van der Waals surface area contributed by atoms with Gasteiger partial charge < -0.3 is 33.0 Å². The minimum atomic E-state index is -4.55. The van der Waals surface area contributed by atoms with Crippen molar-refractivity contribution in [3.05, 3.63) is 60.8 Å². The minimum absolute atomic E-state index is 0.00291. The van der Waals surface area contributed by atoms with E-state index in [0.29, 0.717) is 36.9 Å². The van der Waals surface area contributed by atoms with Crippen LogP contribution in [0.15, 0.2) is 60.8 Å². The van der Waals surface area contributed by atoms with E-state index in [-0.39, 0.29) is 26.2 Å². The number of esters is 1. The predicted molar refractivity (Wildman–Crippen MR) is 223 cm³/mol. The molecule has 3 atom stereocenters. The first-order valence-corrected chi connectivity index (χ1v) is 22.6. The standard InChI is InChI=1S/C44H80NO8P/c1-6-8-10-12-14-15-16-17-18-19-22-25-29-33-38-50-40-43(41-52-54(48,49)51-39-37-45(3,4)5)53-44(47)36-32-28-24-21-20-23-27-31-35-42(46)34-30-26-13-11-9-7-2/h9,11,21,23-24,26-27,30-31,35,42-43,46H,6-8,10,12-20,22,25,28-29,32-34,36-41H2,1-5H3/b11-9-,24-21-,27-23-,30-26-,35-31+. The van der Waals surface area contributed by atoms with Crippen molar-refractivity contribution in [2.45, 2.75) is 161 Å². The quantitative estimate of drug-likeness (QED) is 0.0164. The average molecular weight is 782 g/mol. The van der Waals surface area contributed by atoms with Crippen molar-refractivity contribution in [3.63, 3.8) is 0 Å². The maximum atomic E-state index is 12.6. The van der Waals surface area contributed by atoms with Gasteiger partial charge in [-0.1, -0.05) is 158 Å². The first-order chi connectivity index (χ1) is 26.0. The Morgan fingerprint density at radius 1 is 0.704 bits per heavy atom. The van der Waals surface area contributed by atoms with E-state index in [2.05, 4.69) is 32.1 Å². The third-order valence-electron chi connectivity index (χ3n) is 8.66. The first kappa shape index (κ1) is 52.2. The number of rotatable bonds is 38. The number of ether oxygens (including phenoxy) is 2. The molecule has 0 saturated heterocycles. The third-order valence-corrected chi connectivity index (χ3v) is 9.63. The Labute approximate surface area is 331 Å². The molecule has 0 saturated carbocycles. The summed E-state index contributed by atoms with van der Waals surface area (Å²) in [5.41, 5.74) is 0. The summed E-state index contributed by atoms with van der Waals surface area (Å²) in [6.07, 6.45) is 41.2. The summed E-state index contributed by atoms with van der Waals surface area (Å²) >= 11 is 0. The Morgan fingerprint density at radius 2 is 1.30 bits per heavy atom. The highest BCUT2D eigenvalue weighted by atomic mass is 31.2. The number of hydrogen-bond donors (Lipinski definition) is 1. The lowest BCUT2D eigenvalue weighted by Gasteiger charge is -2.28. The van der Waals surface area contributed by atoms with Crippen molar-refractivity contribution in [1.82, 2.24) is 0 Å². The van der Waals surface area contributed by atoms with Crippen molar-refractivity contribution in [2.24, 2.45) is 0 Å². The molecule has 0 aromatic rings. The van der Waals surface area contributed by atoms with E-state index in [9.17, 15) is 19.4 Å². The topological polar surface area (TPSA) is 114 Å². The molecule has 0 heterocycles. The van der Waals surface area contributed by atoms with Gasteiger partial charge in [-0.25, -0.2) is 0 Å².